The average molecular weight is 410 g/mol. The summed E-state index contributed by atoms with van der Waals surface area (Å²) in [4.78, 5) is 12.3. The molecule has 2 nitrogen and oxygen atoms in total. The molecule has 0 saturated heterocycles. The van der Waals surface area contributed by atoms with Gasteiger partial charge in [-0.1, -0.05) is 56.1 Å². The second-order valence-corrected chi connectivity index (χ2v) is 6.96. The van der Waals surface area contributed by atoms with Crippen LogP contribution in [0.5, 0.6) is 5.75 Å². The highest BCUT2D eigenvalue weighted by Crippen LogP contribution is 2.18. The first-order chi connectivity index (χ1) is 15.1. The fourth-order valence-corrected chi connectivity index (χ4v) is 2.89. The third kappa shape index (κ3) is 6.33. The molecule has 3 aromatic rings. The van der Waals surface area contributed by atoms with Crippen LogP contribution in [0.1, 0.15) is 59.3 Å². The summed E-state index contributed by atoms with van der Waals surface area (Å²) < 4.78 is 19.7. The smallest absolute Gasteiger partial charge is 0.343 e. The molecule has 0 aliphatic heterocycles. The maximum Gasteiger partial charge on any atom is 0.343 e. The Bertz CT molecular complexity index is 1170. The Labute approximate surface area is 183 Å². The van der Waals surface area contributed by atoms with Gasteiger partial charge in [0.1, 0.15) is 11.6 Å². The number of carbonyl (C=O) groups excluding carboxylic acids is 1. The van der Waals surface area contributed by atoms with Crippen molar-refractivity contribution < 1.29 is 13.9 Å². The van der Waals surface area contributed by atoms with E-state index in [2.05, 4.69) is 30.6 Å². The van der Waals surface area contributed by atoms with Crippen molar-refractivity contribution in [3.05, 3.63) is 100 Å². The second kappa shape index (κ2) is 10.8. The summed E-state index contributed by atoms with van der Waals surface area (Å²) in [6.07, 6.45) is 2.80. The highest BCUT2D eigenvalue weighted by molar-refractivity contribution is 5.91. The summed E-state index contributed by atoms with van der Waals surface area (Å²) in [7, 11) is 0. The van der Waals surface area contributed by atoms with Gasteiger partial charge in [-0.15, -0.1) is 0 Å². The maximum absolute atomic E-state index is 14.4. The van der Waals surface area contributed by atoms with E-state index in [0.717, 1.165) is 36.0 Å². The van der Waals surface area contributed by atoms with Crippen molar-refractivity contribution in [3.8, 4) is 29.4 Å². The number of benzene rings is 3. The van der Waals surface area contributed by atoms with Crippen LogP contribution in [-0.4, -0.2) is 5.97 Å². The number of halogens is 1. The van der Waals surface area contributed by atoms with Gasteiger partial charge in [0.05, 0.1) is 11.1 Å². The quantitative estimate of drug-likeness (QED) is 0.293. The number of hydrogen-bond donors (Lipinski definition) is 0. The lowest BCUT2D eigenvalue weighted by Gasteiger charge is -2.06. The number of carbonyl (C=O) groups is 1. The van der Waals surface area contributed by atoms with Gasteiger partial charge in [-0.3, -0.25) is 0 Å². The van der Waals surface area contributed by atoms with Gasteiger partial charge in [-0.2, -0.15) is 0 Å². The first kappa shape index (κ1) is 21.9. The second-order valence-electron chi connectivity index (χ2n) is 6.96. The fraction of sp³-hybridized carbons (Fsp3) is 0.179. The lowest BCUT2D eigenvalue weighted by atomic mass is 10.1. The Hall–Kier alpha value is -3.82. The molecule has 0 fully saturated rings. The Kier molecular flexibility index (Phi) is 7.63. The molecular formula is C28H23FO2. The largest absolute Gasteiger partial charge is 0.423 e. The Morgan fingerprint density at radius 2 is 1.55 bits per heavy atom. The van der Waals surface area contributed by atoms with Crippen molar-refractivity contribution >= 4 is 5.97 Å². The Morgan fingerprint density at radius 1 is 0.871 bits per heavy atom. The predicted octanol–water partition coefficient (Wildman–Crippen LogP) is 6.16. The molecule has 0 radical (unpaired) electrons. The van der Waals surface area contributed by atoms with Gasteiger partial charge >= 0.3 is 5.97 Å². The van der Waals surface area contributed by atoms with E-state index >= 15 is 0 Å². The van der Waals surface area contributed by atoms with Crippen LogP contribution in [0.15, 0.2) is 66.7 Å². The van der Waals surface area contributed by atoms with Gasteiger partial charge < -0.3 is 4.74 Å². The van der Waals surface area contributed by atoms with Crippen LogP contribution >= 0.6 is 0 Å². The lowest BCUT2D eigenvalue weighted by molar-refractivity contribution is 0.0734. The standard InChI is InChI=1S/C28H23FO2/c1-3-5-7-22-8-10-23(11-9-22)12-15-24-18-19-26(20-27(24)29)31-28(30)25-16-13-21(6-4-2)14-17-25/h8-11,13-14,16-20H,3-4,6H2,1-2H3. The predicted molar refractivity (Wildman–Crippen MR) is 121 cm³/mol. The van der Waals surface area contributed by atoms with Crippen LogP contribution in [0.2, 0.25) is 0 Å². The molecule has 0 aliphatic carbocycles. The van der Waals surface area contributed by atoms with Crippen LogP contribution in [0.4, 0.5) is 4.39 Å². The first-order valence-electron chi connectivity index (χ1n) is 10.3. The van der Waals surface area contributed by atoms with Gasteiger partial charge in [0.25, 0.3) is 0 Å². The van der Waals surface area contributed by atoms with Gasteiger partial charge in [0, 0.05) is 23.6 Å². The zero-order chi connectivity index (χ0) is 22.1. The van der Waals surface area contributed by atoms with Crippen LogP contribution in [-0.2, 0) is 6.42 Å². The fourth-order valence-electron chi connectivity index (χ4n) is 2.89. The summed E-state index contributed by atoms with van der Waals surface area (Å²) in [6.45, 7) is 4.10. The molecular weight excluding hydrogens is 387 g/mol. The van der Waals surface area contributed by atoms with Crippen LogP contribution in [0, 0.1) is 29.5 Å². The minimum atomic E-state index is -0.540. The van der Waals surface area contributed by atoms with E-state index in [1.807, 2.05) is 43.3 Å². The third-order valence-corrected chi connectivity index (χ3v) is 4.52. The maximum atomic E-state index is 14.4. The van der Waals surface area contributed by atoms with Crippen molar-refractivity contribution in [1.82, 2.24) is 0 Å². The SMILES string of the molecule is CCC#Cc1ccc(C#Cc2ccc(OC(=O)c3ccc(CCC)cc3)cc2F)cc1. The van der Waals surface area contributed by atoms with Crippen molar-refractivity contribution in [2.75, 3.05) is 0 Å². The number of ether oxygens (including phenoxy) is 1. The number of aryl methyl sites for hydroxylation is 1. The highest BCUT2D eigenvalue weighted by atomic mass is 19.1. The van der Waals surface area contributed by atoms with Gasteiger partial charge in [-0.05, 0) is 60.5 Å². The summed E-state index contributed by atoms with van der Waals surface area (Å²) in [5, 5.41) is 0. The average Bonchev–Trinajstić information content (AvgIpc) is 2.78. The minimum Gasteiger partial charge on any atom is -0.423 e. The third-order valence-electron chi connectivity index (χ3n) is 4.52. The molecule has 0 heterocycles. The van der Waals surface area contributed by atoms with E-state index in [1.54, 1.807) is 18.2 Å². The monoisotopic (exact) mass is 410 g/mol. The minimum absolute atomic E-state index is 0.143. The molecule has 0 atom stereocenters. The topological polar surface area (TPSA) is 26.3 Å². The normalized spacial score (nSPS) is 9.77. The molecule has 0 spiro atoms. The Balaban J connectivity index is 1.67. The van der Waals surface area contributed by atoms with Crippen molar-refractivity contribution in [2.45, 2.75) is 33.1 Å². The molecule has 0 aromatic heterocycles. The van der Waals surface area contributed by atoms with Crippen LogP contribution < -0.4 is 4.74 Å². The highest BCUT2D eigenvalue weighted by Gasteiger charge is 2.10. The van der Waals surface area contributed by atoms with E-state index in [-0.39, 0.29) is 11.3 Å². The molecule has 0 N–H and O–H groups in total. The van der Waals surface area contributed by atoms with E-state index in [1.165, 1.54) is 12.1 Å². The molecule has 0 aliphatic rings. The lowest BCUT2D eigenvalue weighted by Crippen LogP contribution is -2.08. The summed E-state index contributed by atoms with van der Waals surface area (Å²) >= 11 is 0. The molecule has 0 saturated carbocycles. The summed E-state index contributed by atoms with van der Waals surface area (Å²) in [5.74, 6) is 10.9. The molecule has 3 aromatic carbocycles. The van der Waals surface area contributed by atoms with Crippen molar-refractivity contribution in [3.63, 3.8) is 0 Å². The molecule has 3 heteroatoms. The van der Waals surface area contributed by atoms with E-state index < -0.39 is 11.8 Å². The van der Waals surface area contributed by atoms with Gasteiger partial charge in [-0.25, -0.2) is 9.18 Å². The first-order valence-corrected chi connectivity index (χ1v) is 10.3. The van der Waals surface area contributed by atoms with Gasteiger partial charge in [0.15, 0.2) is 0 Å². The van der Waals surface area contributed by atoms with E-state index in [0.29, 0.717) is 5.56 Å². The van der Waals surface area contributed by atoms with E-state index in [4.69, 9.17) is 4.74 Å². The summed E-state index contributed by atoms with van der Waals surface area (Å²) in [5.41, 5.74) is 3.51. The van der Waals surface area contributed by atoms with Crippen LogP contribution in [0.3, 0.4) is 0 Å². The van der Waals surface area contributed by atoms with E-state index in [9.17, 15) is 9.18 Å². The molecule has 0 unspecified atom stereocenters. The van der Waals surface area contributed by atoms with Crippen molar-refractivity contribution in [2.24, 2.45) is 0 Å². The molecule has 0 bridgehead atoms. The number of esters is 1. The zero-order valence-electron chi connectivity index (χ0n) is 17.7. The zero-order valence-corrected chi connectivity index (χ0v) is 17.7. The molecule has 3 rings (SSSR count). The number of hydrogen-bond acceptors (Lipinski definition) is 2. The molecule has 154 valence electrons. The Morgan fingerprint density at radius 3 is 2.16 bits per heavy atom. The molecule has 0 amide bonds. The van der Waals surface area contributed by atoms with Gasteiger partial charge in [0.2, 0.25) is 0 Å². The van der Waals surface area contributed by atoms with Crippen LogP contribution in [0.25, 0.3) is 0 Å². The molecule has 31 heavy (non-hydrogen) atoms. The number of rotatable bonds is 4. The summed E-state index contributed by atoms with van der Waals surface area (Å²) in [6, 6.07) is 19.0. The van der Waals surface area contributed by atoms with Crippen molar-refractivity contribution in [1.29, 1.82) is 0 Å².